The zero-order valence-corrected chi connectivity index (χ0v) is 8.78. The van der Waals surface area contributed by atoms with E-state index < -0.39 is 12.0 Å². The number of H-pyrrole nitrogens is 1. The first-order valence-corrected chi connectivity index (χ1v) is 4.60. The van der Waals surface area contributed by atoms with Gasteiger partial charge in [0.05, 0.1) is 17.6 Å². The number of halogens is 4. The van der Waals surface area contributed by atoms with Gasteiger partial charge in [0.25, 0.3) is 0 Å². The first kappa shape index (κ1) is 11.1. The van der Waals surface area contributed by atoms with Crippen LogP contribution in [0, 0.1) is 0 Å². The molecule has 86 valence electrons. The molecule has 0 saturated carbocycles. The van der Waals surface area contributed by atoms with E-state index in [0.717, 1.165) is 0 Å². The van der Waals surface area contributed by atoms with E-state index in [1.54, 1.807) is 0 Å². The summed E-state index contributed by atoms with van der Waals surface area (Å²) in [6, 6.07) is 2.86. The van der Waals surface area contributed by atoms with Crippen LogP contribution in [0.4, 0.5) is 13.2 Å². The maximum Gasteiger partial charge on any atom is 0.449 e. The van der Waals surface area contributed by atoms with Crippen molar-refractivity contribution in [2.75, 3.05) is 7.11 Å². The van der Waals surface area contributed by atoms with E-state index in [2.05, 4.69) is 9.97 Å². The van der Waals surface area contributed by atoms with Gasteiger partial charge < -0.3 is 9.72 Å². The van der Waals surface area contributed by atoms with Crippen LogP contribution in [0.2, 0.25) is 5.02 Å². The molecule has 0 fully saturated rings. The van der Waals surface area contributed by atoms with Gasteiger partial charge in [-0.05, 0) is 12.1 Å². The minimum Gasteiger partial charge on any atom is -0.493 e. The van der Waals surface area contributed by atoms with E-state index in [1.807, 2.05) is 0 Å². The molecule has 0 aliphatic carbocycles. The van der Waals surface area contributed by atoms with Crippen LogP contribution in [0.25, 0.3) is 11.0 Å². The Hall–Kier alpha value is -1.43. The van der Waals surface area contributed by atoms with Crippen LogP contribution < -0.4 is 4.74 Å². The third-order valence-corrected chi connectivity index (χ3v) is 2.33. The smallest absolute Gasteiger partial charge is 0.449 e. The van der Waals surface area contributed by atoms with Crippen molar-refractivity contribution < 1.29 is 17.9 Å². The van der Waals surface area contributed by atoms with Crippen molar-refractivity contribution in [2.24, 2.45) is 0 Å². The zero-order chi connectivity index (χ0) is 11.9. The van der Waals surface area contributed by atoms with Gasteiger partial charge in [-0.15, -0.1) is 0 Å². The van der Waals surface area contributed by atoms with E-state index in [0.29, 0.717) is 0 Å². The first-order chi connectivity index (χ1) is 7.43. The lowest BCUT2D eigenvalue weighted by atomic mass is 10.3. The highest BCUT2D eigenvalue weighted by Gasteiger charge is 2.35. The molecule has 0 aliphatic heterocycles. The lowest BCUT2D eigenvalue weighted by Gasteiger charge is -2.02. The molecule has 0 atom stereocenters. The Balaban J connectivity index is 2.71. The molecule has 0 bridgehead atoms. The fourth-order valence-corrected chi connectivity index (χ4v) is 1.58. The van der Waals surface area contributed by atoms with Gasteiger partial charge in [-0.1, -0.05) is 11.6 Å². The number of nitrogens with zero attached hydrogens (tertiary/aromatic N) is 1. The molecule has 2 aromatic rings. The van der Waals surface area contributed by atoms with E-state index in [1.165, 1.54) is 19.2 Å². The normalized spacial score (nSPS) is 12.1. The summed E-state index contributed by atoms with van der Waals surface area (Å²) in [4.78, 5) is 5.59. The molecular weight excluding hydrogens is 245 g/mol. The van der Waals surface area contributed by atoms with Gasteiger partial charge in [0.2, 0.25) is 5.82 Å². The van der Waals surface area contributed by atoms with Crippen LogP contribution in [0.1, 0.15) is 5.82 Å². The average Bonchev–Trinajstić information content (AvgIpc) is 2.60. The number of benzene rings is 1. The fourth-order valence-electron chi connectivity index (χ4n) is 1.35. The molecule has 0 spiro atoms. The summed E-state index contributed by atoms with van der Waals surface area (Å²) < 4.78 is 42.1. The Morgan fingerprint density at radius 2 is 2.06 bits per heavy atom. The van der Waals surface area contributed by atoms with Gasteiger partial charge in [0, 0.05) is 0 Å². The lowest BCUT2D eigenvalue weighted by molar-refractivity contribution is -0.144. The van der Waals surface area contributed by atoms with Crippen LogP contribution in [-0.4, -0.2) is 17.1 Å². The highest BCUT2D eigenvalue weighted by atomic mass is 35.5. The topological polar surface area (TPSA) is 37.9 Å². The Bertz CT molecular complexity index is 535. The zero-order valence-electron chi connectivity index (χ0n) is 8.02. The summed E-state index contributed by atoms with van der Waals surface area (Å²) >= 11 is 5.77. The van der Waals surface area contributed by atoms with Crippen LogP contribution in [0.15, 0.2) is 12.1 Å². The second-order valence-electron chi connectivity index (χ2n) is 3.06. The Morgan fingerprint density at radius 3 is 2.62 bits per heavy atom. The molecule has 0 unspecified atom stereocenters. The molecule has 2 rings (SSSR count). The number of imidazole rings is 1. The molecule has 16 heavy (non-hydrogen) atoms. The number of methoxy groups -OCH3 is 1. The van der Waals surface area contributed by atoms with Gasteiger partial charge in [-0.25, -0.2) is 4.98 Å². The Labute approximate surface area is 93.2 Å². The fraction of sp³-hybridized carbons (Fsp3) is 0.222. The second-order valence-corrected chi connectivity index (χ2v) is 3.47. The number of hydrogen-bond donors (Lipinski definition) is 1. The number of aromatic nitrogens is 2. The predicted octanol–water partition coefficient (Wildman–Crippen LogP) is 3.24. The number of aromatic amines is 1. The standard InChI is InChI=1S/C9H6ClF3N2O/c1-16-7-4(10)2-3-5-6(7)15-8(14-5)9(11,12)13/h2-3H,1H3,(H,14,15). The highest BCUT2D eigenvalue weighted by molar-refractivity contribution is 6.33. The highest BCUT2D eigenvalue weighted by Crippen LogP contribution is 2.35. The van der Waals surface area contributed by atoms with Crippen LogP contribution >= 0.6 is 11.6 Å². The minimum atomic E-state index is -4.52. The van der Waals surface area contributed by atoms with Crippen molar-refractivity contribution in [3.05, 3.63) is 23.0 Å². The lowest BCUT2D eigenvalue weighted by Crippen LogP contribution is -2.06. The molecular formula is C9H6ClF3N2O. The minimum absolute atomic E-state index is 0.0716. The number of ether oxygens (including phenoxy) is 1. The van der Waals surface area contributed by atoms with E-state index >= 15 is 0 Å². The molecule has 1 N–H and O–H groups in total. The van der Waals surface area contributed by atoms with Crippen molar-refractivity contribution in [1.29, 1.82) is 0 Å². The molecule has 0 amide bonds. The molecule has 3 nitrogen and oxygen atoms in total. The van der Waals surface area contributed by atoms with Gasteiger partial charge in [-0.2, -0.15) is 13.2 Å². The quantitative estimate of drug-likeness (QED) is 0.844. The summed E-state index contributed by atoms with van der Waals surface area (Å²) in [5.41, 5.74) is 0.302. The van der Waals surface area contributed by atoms with E-state index in [-0.39, 0.29) is 21.8 Å². The summed E-state index contributed by atoms with van der Waals surface area (Å²) in [6.45, 7) is 0. The van der Waals surface area contributed by atoms with Crippen LogP contribution in [0.5, 0.6) is 5.75 Å². The van der Waals surface area contributed by atoms with Crippen molar-refractivity contribution in [2.45, 2.75) is 6.18 Å². The average molecular weight is 251 g/mol. The maximum atomic E-state index is 12.4. The van der Waals surface area contributed by atoms with Crippen LogP contribution in [0.3, 0.4) is 0 Å². The van der Waals surface area contributed by atoms with Crippen LogP contribution in [-0.2, 0) is 6.18 Å². The van der Waals surface area contributed by atoms with Crippen molar-refractivity contribution in [3.63, 3.8) is 0 Å². The van der Waals surface area contributed by atoms with E-state index in [4.69, 9.17) is 16.3 Å². The number of alkyl halides is 3. The second kappa shape index (κ2) is 3.55. The summed E-state index contributed by atoms with van der Waals surface area (Å²) in [7, 11) is 1.32. The van der Waals surface area contributed by atoms with Gasteiger partial charge in [0.1, 0.15) is 5.52 Å². The number of rotatable bonds is 1. The third-order valence-electron chi connectivity index (χ3n) is 2.03. The molecule has 1 aromatic heterocycles. The Morgan fingerprint density at radius 1 is 1.38 bits per heavy atom. The van der Waals surface area contributed by atoms with Gasteiger partial charge in [-0.3, -0.25) is 0 Å². The number of hydrogen-bond acceptors (Lipinski definition) is 2. The first-order valence-electron chi connectivity index (χ1n) is 4.23. The molecule has 0 saturated heterocycles. The van der Waals surface area contributed by atoms with Crippen molar-refractivity contribution >= 4 is 22.6 Å². The molecule has 1 aromatic carbocycles. The van der Waals surface area contributed by atoms with E-state index in [9.17, 15) is 13.2 Å². The van der Waals surface area contributed by atoms with Crippen molar-refractivity contribution in [1.82, 2.24) is 9.97 Å². The summed E-state index contributed by atoms with van der Waals surface area (Å²) in [6.07, 6.45) is -4.52. The molecule has 7 heteroatoms. The Kier molecular flexibility index (Phi) is 2.46. The molecule has 1 heterocycles. The summed E-state index contributed by atoms with van der Waals surface area (Å²) in [5, 5.41) is 0.218. The largest absolute Gasteiger partial charge is 0.493 e. The molecule has 0 aliphatic rings. The van der Waals surface area contributed by atoms with Crippen molar-refractivity contribution in [3.8, 4) is 5.75 Å². The maximum absolute atomic E-state index is 12.4. The van der Waals surface area contributed by atoms with Gasteiger partial charge in [0.15, 0.2) is 5.75 Å². The predicted molar refractivity (Wildman–Crippen MR) is 52.7 cm³/mol. The number of fused-ring (bicyclic) bond motifs is 1. The summed E-state index contributed by atoms with van der Waals surface area (Å²) in [5.74, 6) is -0.936. The van der Waals surface area contributed by atoms with Gasteiger partial charge >= 0.3 is 6.18 Å². The third kappa shape index (κ3) is 1.69. The number of nitrogens with one attached hydrogen (secondary N) is 1. The monoisotopic (exact) mass is 250 g/mol. The molecule has 0 radical (unpaired) electrons. The SMILES string of the molecule is COc1c(Cl)ccc2[nH]c(C(F)(F)F)nc12.